The average molecular weight is 364 g/mol. The van der Waals surface area contributed by atoms with E-state index in [0.29, 0.717) is 16.5 Å². The van der Waals surface area contributed by atoms with Gasteiger partial charge in [0.15, 0.2) is 6.61 Å². The molecule has 6 heteroatoms. The smallest absolute Gasteiger partial charge is 0.326 e. The predicted octanol–water partition coefficient (Wildman–Crippen LogP) is 2.75. The topological polar surface area (TPSA) is 78.3 Å². The summed E-state index contributed by atoms with van der Waals surface area (Å²) in [5.74, 6) is -0.924. The second kappa shape index (κ2) is 7.53. The molecule has 0 saturated heterocycles. The molecule has 0 aliphatic heterocycles. The number of carbonyl (C=O) groups is 2. The molecule has 0 atom stereocenters. The molecule has 0 fully saturated rings. The van der Waals surface area contributed by atoms with E-state index < -0.39 is 5.97 Å². The number of nitrogens with zero attached hydrogens (tertiary/aromatic N) is 2. The van der Waals surface area contributed by atoms with Gasteiger partial charge >= 0.3 is 5.97 Å². The first kappa shape index (κ1) is 18.5. The Labute approximate surface area is 156 Å². The maximum Gasteiger partial charge on any atom is 0.326 e. The summed E-state index contributed by atoms with van der Waals surface area (Å²) in [7, 11) is 0. The van der Waals surface area contributed by atoms with Crippen molar-refractivity contribution in [3.63, 3.8) is 0 Å². The van der Waals surface area contributed by atoms with Crippen LogP contribution in [0, 0.1) is 20.8 Å². The van der Waals surface area contributed by atoms with Gasteiger partial charge in [-0.25, -0.2) is 4.98 Å². The highest BCUT2D eigenvalue weighted by atomic mass is 16.5. The molecule has 1 aromatic heterocycles. The number of rotatable bonds is 5. The maximum absolute atomic E-state index is 12.4. The Morgan fingerprint density at radius 1 is 1.07 bits per heavy atom. The van der Waals surface area contributed by atoms with Crippen LogP contribution in [0.25, 0.3) is 10.9 Å². The molecule has 27 heavy (non-hydrogen) atoms. The minimum Gasteiger partial charge on any atom is -0.456 e. The average Bonchev–Trinajstić information content (AvgIpc) is 2.62. The standard InChI is InChI=1S/C21H20N2O4/c1-13-8-14(2)20(15(3)9-13)18(24)11-27-19(25)10-23-12-22-17-7-5-4-6-16(17)21(23)26/h4-9,12H,10-11H2,1-3H3. The third-order valence-corrected chi connectivity index (χ3v) is 4.35. The summed E-state index contributed by atoms with van der Waals surface area (Å²) in [4.78, 5) is 41.1. The van der Waals surface area contributed by atoms with E-state index in [1.807, 2.05) is 32.9 Å². The van der Waals surface area contributed by atoms with Gasteiger partial charge in [-0.1, -0.05) is 29.8 Å². The highest BCUT2D eigenvalue weighted by molar-refractivity contribution is 6.00. The second-order valence-corrected chi connectivity index (χ2v) is 6.55. The van der Waals surface area contributed by atoms with Gasteiger partial charge in [0, 0.05) is 5.56 Å². The number of benzene rings is 2. The van der Waals surface area contributed by atoms with Crippen LogP contribution in [0.3, 0.4) is 0 Å². The SMILES string of the molecule is Cc1cc(C)c(C(=O)COC(=O)Cn2cnc3ccccc3c2=O)c(C)c1. The molecule has 0 spiro atoms. The summed E-state index contributed by atoms with van der Waals surface area (Å²) in [6.07, 6.45) is 1.31. The van der Waals surface area contributed by atoms with E-state index in [9.17, 15) is 14.4 Å². The van der Waals surface area contributed by atoms with Crippen LogP contribution >= 0.6 is 0 Å². The van der Waals surface area contributed by atoms with Crippen LogP contribution in [0.15, 0.2) is 47.5 Å². The summed E-state index contributed by atoms with van der Waals surface area (Å²) >= 11 is 0. The van der Waals surface area contributed by atoms with Gasteiger partial charge in [0.2, 0.25) is 5.78 Å². The van der Waals surface area contributed by atoms with Crippen molar-refractivity contribution in [3.05, 3.63) is 75.3 Å². The molecule has 1 heterocycles. The Hall–Kier alpha value is -3.28. The fourth-order valence-electron chi connectivity index (χ4n) is 3.24. The van der Waals surface area contributed by atoms with Gasteiger partial charge in [-0.05, 0) is 44.0 Å². The number of aryl methyl sites for hydroxylation is 3. The van der Waals surface area contributed by atoms with Gasteiger partial charge in [-0.15, -0.1) is 0 Å². The van der Waals surface area contributed by atoms with Crippen molar-refractivity contribution >= 4 is 22.7 Å². The number of ether oxygens (including phenoxy) is 1. The lowest BCUT2D eigenvalue weighted by molar-refractivity contribution is -0.143. The van der Waals surface area contributed by atoms with Gasteiger partial charge in [0.25, 0.3) is 5.56 Å². The minimum absolute atomic E-state index is 0.262. The van der Waals surface area contributed by atoms with Gasteiger partial charge in [-0.2, -0.15) is 0 Å². The Bertz CT molecular complexity index is 1080. The highest BCUT2D eigenvalue weighted by Gasteiger charge is 2.16. The molecule has 0 radical (unpaired) electrons. The van der Waals surface area contributed by atoms with Crippen LogP contribution < -0.4 is 5.56 Å². The summed E-state index contributed by atoms with van der Waals surface area (Å²) in [6.45, 7) is 5.02. The molecular weight excluding hydrogens is 344 g/mol. The lowest BCUT2D eigenvalue weighted by atomic mass is 9.97. The predicted molar refractivity (Wildman–Crippen MR) is 102 cm³/mol. The fraction of sp³-hybridized carbons (Fsp3) is 0.238. The van der Waals surface area contributed by atoms with Gasteiger partial charge < -0.3 is 4.74 Å². The molecule has 0 N–H and O–H groups in total. The van der Waals surface area contributed by atoms with E-state index in [0.717, 1.165) is 16.7 Å². The monoisotopic (exact) mass is 364 g/mol. The molecule has 0 unspecified atom stereocenters. The largest absolute Gasteiger partial charge is 0.456 e. The minimum atomic E-state index is -0.662. The quantitative estimate of drug-likeness (QED) is 0.514. The maximum atomic E-state index is 12.4. The van der Waals surface area contributed by atoms with E-state index in [1.54, 1.807) is 24.3 Å². The summed E-state index contributed by atoms with van der Waals surface area (Å²) in [5, 5.41) is 0.426. The molecule has 3 aromatic rings. The molecule has 138 valence electrons. The zero-order valence-electron chi connectivity index (χ0n) is 15.5. The third-order valence-electron chi connectivity index (χ3n) is 4.35. The molecule has 3 rings (SSSR count). The highest BCUT2D eigenvalue weighted by Crippen LogP contribution is 2.17. The van der Waals surface area contributed by atoms with Crippen molar-refractivity contribution in [1.82, 2.24) is 9.55 Å². The second-order valence-electron chi connectivity index (χ2n) is 6.55. The lowest BCUT2D eigenvalue weighted by Crippen LogP contribution is -2.27. The number of hydrogen-bond donors (Lipinski definition) is 0. The number of carbonyl (C=O) groups excluding carboxylic acids is 2. The van der Waals surface area contributed by atoms with Gasteiger partial charge in [0.1, 0.15) is 6.54 Å². The summed E-state index contributed by atoms with van der Waals surface area (Å²) in [5.41, 5.74) is 3.58. The summed E-state index contributed by atoms with van der Waals surface area (Å²) < 4.78 is 6.27. The zero-order valence-corrected chi connectivity index (χ0v) is 15.5. The first-order valence-corrected chi connectivity index (χ1v) is 8.57. The third kappa shape index (κ3) is 3.95. The van der Waals surface area contributed by atoms with Crippen LogP contribution in [-0.4, -0.2) is 27.9 Å². The number of Topliss-reactive ketones (excluding diaryl/α,β-unsaturated/α-hetero) is 1. The molecule has 0 amide bonds. The zero-order chi connectivity index (χ0) is 19.6. The number of esters is 1. The Morgan fingerprint density at radius 3 is 2.44 bits per heavy atom. The first-order valence-electron chi connectivity index (χ1n) is 8.57. The van der Waals surface area contributed by atoms with Crippen molar-refractivity contribution in [1.29, 1.82) is 0 Å². The van der Waals surface area contributed by atoms with Crippen molar-refractivity contribution in [2.45, 2.75) is 27.3 Å². The molecule has 2 aromatic carbocycles. The fourth-order valence-corrected chi connectivity index (χ4v) is 3.24. The number of aromatic nitrogens is 2. The van der Waals surface area contributed by atoms with Gasteiger partial charge in [0.05, 0.1) is 17.2 Å². The lowest BCUT2D eigenvalue weighted by Gasteiger charge is -2.11. The number of fused-ring (bicyclic) bond motifs is 1. The van der Waals surface area contributed by atoms with Crippen LogP contribution in [0.5, 0.6) is 0 Å². The molecule has 6 nitrogen and oxygen atoms in total. The number of para-hydroxylation sites is 1. The Kier molecular flexibility index (Phi) is 5.16. The van der Waals surface area contributed by atoms with Crippen molar-refractivity contribution in [2.24, 2.45) is 0 Å². The van der Waals surface area contributed by atoms with Crippen LogP contribution in [0.4, 0.5) is 0 Å². The van der Waals surface area contributed by atoms with Crippen molar-refractivity contribution in [2.75, 3.05) is 6.61 Å². The molecule has 0 saturated carbocycles. The number of ketones is 1. The van der Waals surface area contributed by atoms with E-state index in [4.69, 9.17) is 4.74 Å². The normalized spacial score (nSPS) is 10.8. The number of hydrogen-bond acceptors (Lipinski definition) is 5. The molecule has 0 aliphatic rings. The van der Waals surface area contributed by atoms with Crippen LogP contribution in [0.1, 0.15) is 27.0 Å². The van der Waals surface area contributed by atoms with Crippen molar-refractivity contribution < 1.29 is 14.3 Å². The summed E-state index contributed by atoms with van der Waals surface area (Å²) in [6, 6.07) is 10.7. The molecule has 0 aliphatic carbocycles. The Balaban J connectivity index is 1.69. The van der Waals surface area contributed by atoms with Crippen molar-refractivity contribution in [3.8, 4) is 0 Å². The van der Waals surface area contributed by atoms with E-state index in [2.05, 4.69) is 4.98 Å². The van der Waals surface area contributed by atoms with Crippen LogP contribution in [-0.2, 0) is 16.1 Å². The van der Waals surface area contributed by atoms with Crippen LogP contribution in [0.2, 0.25) is 0 Å². The van der Waals surface area contributed by atoms with Gasteiger partial charge in [-0.3, -0.25) is 19.0 Å². The first-order chi connectivity index (χ1) is 12.9. The molecule has 0 bridgehead atoms. The Morgan fingerprint density at radius 2 is 1.74 bits per heavy atom. The molecular formula is C21H20N2O4. The van der Waals surface area contributed by atoms with E-state index in [1.165, 1.54) is 10.9 Å². The van der Waals surface area contributed by atoms with E-state index >= 15 is 0 Å². The van der Waals surface area contributed by atoms with E-state index in [-0.39, 0.29) is 24.5 Å².